The van der Waals surface area contributed by atoms with E-state index in [1.165, 1.54) is 11.1 Å². The Morgan fingerprint density at radius 2 is 2.05 bits per heavy atom. The highest BCUT2D eigenvalue weighted by molar-refractivity contribution is 5.85. The number of aliphatic carboxylic acids is 1. The second kappa shape index (κ2) is 8.15. The minimum Gasteiger partial charge on any atom is -0.480 e. The Hall–Kier alpha value is -1.59. The summed E-state index contributed by atoms with van der Waals surface area (Å²) in [5.74, 6) is -0.807. The van der Waals surface area contributed by atoms with Crippen molar-refractivity contribution in [3.8, 4) is 0 Å². The number of nitrogens with zero attached hydrogens (tertiary/aromatic N) is 1. The number of carboxylic acids is 1. The van der Waals surface area contributed by atoms with E-state index in [2.05, 4.69) is 42.3 Å². The zero-order valence-corrected chi connectivity index (χ0v) is 13.7. The van der Waals surface area contributed by atoms with E-state index >= 15 is 0 Å². The smallest absolute Gasteiger partial charge is 0.322 e. The molecule has 2 atom stereocenters. The van der Waals surface area contributed by atoms with Crippen molar-refractivity contribution in [2.75, 3.05) is 19.6 Å². The van der Waals surface area contributed by atoms with Crippen LogP contribution in [0.1, 0.15) is 30.4 Å². The molecule has 1 amide bonds. The largest absolute Gasteiger partial charge is 0.480 e. The maximum atomic E-state index is 11.7. The number of likely N-dealkylation sites (tertiary alicyclic amines) is 1. The average Bonchev–Trinajstić information content (AvgIpc) is 2.78. The number of aryl methyl sites for hydroxylation is 1. The molecule has 0 saturated carbocycles. The molecule has 0 aliphatic carbocycles. The Kier molecular flexibility index (Phi) is 6.84. The van der Waals surface area contributed by atoms with Crippen LogP contribution in [0.3, 0.4) is 0 Å². The second-order valence-electron chi connectivity index (χ2n) is 5.74. The maximum Gasteiger partial charge on any atom is 0.322 e. The van der Waals surface area contributed by atoms with Gasteiger partial charge < -0.3 is 10.4 Å². The number of hydrogen-bond donors (Lipinski definition) is 2. The lowest BCUT2D eigenvalue weighted by Gasteiger charge is -2.20. The van der Waals surface area contributed by atoms with Gasteiger partial charge in [-0.05, 0) is 37.3 Å². The van der Waals surface area contributed by atoms with E-state index in [4.69, 9.17) is 5.11 Å². The van der Waals surface area contributed by atoms with Gasteiger partial charge in [-0.3, -0.25) is 14.5 Å². The minimum atomic E-state index is -1.02. The van der Waals surface area contributed by atoms with Crippen molar-refractivity contribution in [2.24, 2.45) is 0 Å². The topological polar surface area (TPSA) is 69.6 Å². The van der Waals surface area contributed by atoms with E-state index in [0.717, 1.165) is 13.0 Å². The van der Waals surface area contributed by atoms with Gasteiger partial charge >= 0.3 is 5.97 Å². The van der Waals surface area contributed by atoms with E-state index in [0.29, 0.717) is 12.0 Å². The fourth-order valence-electron chi connectivity index (χ4n) is 3.00. The van der Waals surface area contributed by atoms with Gasteiger partial charge in [-0.25, -0.2) is 0 Å². The number of carbonyl (C=O) groups excluding carboxylic acids is 1. The average molecular weight is 327 g/mol. The van der Waals surface area contributed by atoms with Gasteiger partial charge in [0.1, 0.15) is 6.54 Å². The van der Waals surface area contributed by atoms with Crippen LogP contribution in [0.2, 0.25) is 0 Å². The highest BCUT2D eigenvalue weighted by Gasteiger charge is 2.31. The number of halogens is 1. The van der Waals surface area contributed by atoms with E-state index in [1.54, 1.807) is 0 Å². The molecule has 0 spiro atoms. The number of hydrogen-bond acceptors (Lipinski definition) is 3. The van der Waals surface area contributed by atoms with E-state index in [-0.39, 0.29) is 31.4 Å². The Bertz CT molecular complexity index is 536. The summed E-state index contributed by atoms with van der Waals surface area (Å²) in [5, 5.41) is 11.0. The van der Waals surface area contributed by atoms with Crippen molar-refractivity contribution in [1.29, 1.82) is 0 Å². The Morgan fingerprint density at radius 1 is 1.36 bits per heavy atom. The third-order valence-electron chi connectivity index (χ3n) is 4.12. The normalized spacial score (nSPS) is 21.2. The van der Waals surface area contributed by atoms with Crippen molar-refractivity contribution >= 4 is 24.3 Å². The number of benzene rings is 1. The fourth-order valence-corrected chi connectivity index (χ4v) is 3.00. The molecule has 0 bridgehead atoms. The van der Waals surface area contributed by atoms with Crippen LogP contribution in [0.25, 0.3) is 0 Å². The summed E-state index contributed by atoms with van der Waals surface area (Å²) in [4.78, 5) is 24.3. The zero-order valence-electron chi connectivity index (χ0n) is 12.9. The first-order valence-electron chi connectivity index (χ1n) is 7.25. The van der Waals surface area contributed by atoms with Gasteiger partial charge in [0.15, 0.2) is 0 Å². The minimum absolute atomic E-state index is 0. The van der Waals surface area contributed by atoms with Crippen LogP contribution >= 0.6 is 12.4 Å². The molecule has 1 aliphatic rings. The van der Waals surface area contributed by atoms with Crippen LogP contribution in [0.15, 0.2) is 24.3 Å². The van der Waals surface area contributed by atoms with Crippen molar-refractivity contribution in [2.45, 2.75) is 32.2 Å². The van der Waals surface area contributed by atoms with Gasteiger partial charge in [0.25, 0.3) is 0 Å². The summed E-state index contributed by atoms with van der Waals surface area (Å²) < 4.78 is 0. The van der Waals surface area contributed by atoms with Gasteiger partial charge in [-0.15, -0.1) is 12.4 Å². The number of rotatable bonds is 5. The van der Waals surface area contributed by atoms with Gasteiger partial charge in [-0.2, -0.15) is 0 Å². The van der Waals surface area contributed by atoms with Crippen LogP contribution in [0, 0.1) is 6.92 Å². The third-order valence-corrected chi connectivity index (χ3v) is 4.12. The highest BCUT2D eigenvalue weighted by atomic mass is 35.5. The lowest BCUT2D eigenvalue weighted by Crippen LogP contribution is -2.40. The molecule has 22 heavy (non-hydrogen) atoms. The first-order chi connectivity index (χ1) is 9.97. The maximum absolute atomic E-state index is 11.7. The lowest BCUT2D eigenvalue weighted by molar-refractivity contribution is -0.138. The third kappa shape index (κ3) is 4.71. The number of nitrogens with one attached hydrogen (secondary N) is 1. The molecule has 122 valence electrons. The molecular weight excluding hydrogens is 304 g/mol. The Labute approximate surface area is 137 Å². The summed E-state index contributed by atoms with van der Waals surface area (Å²) in [6.07, 6.45) is 1.02. The van der Waals surface area contributed by atoms with Gasteiger partial charge in [0.2, 0.25) is 5.91 Å². The van der Waals surface area contributed by atoms with Crippen LogP contribution in [0.5, 0.6) is 0 Å². The molecule has 1 saturated heterocycles. The van der Waals surface area contributed by atoms with Crippen LogP contribution in [-0.4, -0.2) is 47.6 Å². The van der Waals surface area contributed by atoms with Crippen molar-refractivity contribution < 1.29 is 14.7 Å². The fraction of sp³-hybridized carbons (Fsp3) is 0.500. The predicted octanol–water partition coefficient (Wildman–Crippen LogP) is 1.80. The molecule has 0 aromatic heterocycles. The molecule has 2 unspecified atom stereocenters. The quantitative estimate of drug-likeness (QED) is 0.865. The summed E-state index contributed by atoms with van der Waals surface area (Å²) in [6.45, 7) is 5.01. The molecular formula is C16H23ClN2O3. The Balaban J connectivity index is 0.00000242. The van der Waals surface area contributed by atoms with Gasteiger partial charge in [0, 0.05) is 12.6 Å². The molecule has 6 heteroatoms. The number of amides is 1. The number of carboxylic acid groups (broad SMARTS) is 1. The molecule has 1 aromatic carbocycles. The first kappa shape index (κ1) is 18.5. The second-order valence-corrected chi connectivity index (χ2v) is 5.74. The van der Waals surface area contributed by atoms with Crippen molar-refractivity contribution in [3.63, 3.8) is 0 Å². The van der Waals surface area contributed by atoms with E-state index in [9.17, 15) is 9.59 Å². The summed E-state index contributed by atoms with van der Waals surface area (Å²) in [7, 11) is 0. The van der Waals surface area contributed by atoms with Crippen molar-refractivity contribution in [1.82, 2.24) is 10.2 Å². The molecule has 1 aromatic rings. The lowest BCUT2D eigenvalue weighted by atomic mass is 9.93. The summed E-state index contributed by atoms with van der Waals surface area (Å²) >= 11 is 0. The standard InChI is InChI=1S/C16H22N2O3.ClH/c1-11-5-3-4-6-14(11)13-7-12(2)18(9-13)10-15(19)17-8-16(20)21;/h3-6,12-13H,7-10H2,1-2H3,(H,17,19)(H,20,21);1H. The SMILES string of the molecule is Cc1ccccc1C1CC(C)N(CC(=O)NCC(=O)O)C1.Cl. The zero-order chi connectivity index (χ0) is 15.4. The molecule has 5 nitrogen and oxygen atoms in total. The molecule has 1 aliphatic heterocycles. The molecule has 1 heterocycles. The van der Waals surface area contributed by atoms with E-state index in [1.807, 2.05) is 6.07 Å². The monoisotopic (exact) mass is 326 g/mol. The highest BCUT2D eigenvalue weighted by Crippen LogP contribution is 2.32. The molecule has 1 fully saturated rings. The molecule has 2 rings (SSSR count). The summed E-state index contributed by atoms with van der Waals surface area (Å²) in [5.41, 5.74) is 2.63. The van der Waals surface area contributed by atoms with Gasteiger partial charge in [0.05, 0.1) is 6.54 Å². The molecule has 2 N–H and O–H groups in total. The number of carbonyl (C=O) groups is 2. The van der Waals surface area contributed by atoms with E-state index < -0.39 is 5.97 Å². The first-order valence-corrected chi connectivity index (χ1v) is 7.25. The van der Waals surface area contributed by atoms with Crippen LogP contribution < -0.4 is 5.32 Å². The van der Waals surface area contributed by atoms with Crippen LogP contribution in [0.4, 0.5) is 0 Å². The predicted molar refractivity (Wildman–Crippen MR) is 87.5 cm³/mol. The summed E-state index contributed by atoms with van der Waals surface area (Å²) in [6, 6.07) is 8.68. The molecule has 0 radical (unpaired) electrons. The van der Waals surface area contributed by atoms with Crippen molar-refractivity contribution in [3.05, 3.63) is 35.4 Å². The van der Waals surface area contributed by atoms with Gasteiger partial charge in [-0.1, -0.05) is 24.3 Å². The van der Waals surface area contributed by atoms with Crippen LogP contribution in [-0.2, 0) is 9.59 Å². The Morgan fingerprint density at radius 3 is 2.68 bits per heavy atom.